The average Bonchev–Trinajstić information content (AvgIpc) is 3.03. The predicted octanol–water partition coefficient (Wildman–Crippen LogP) is 9.87. The number of ether oxygens (including phenoxy) is 1. The zero-order chi connectivity index (χ0) is 28.0. The maximum atomic E-state index is 6.12. The molecule has 0 aliphatic rings. The maximum Gasteiger partial charge on any atom is 0.208 e. The molecule has 0 unspecified atom stereocenters. The zero-order valence-electron chi connectivity index (χ0n) is 23.7. The summed E-state index contributed by atoms with van der Waals surface area (Å²) in [5.41, 5.74) is 3.09. The van der Waals surface area contributed by atoms with Gasteiger partial charge in [0, 0.05) is 23.3 Å². The van der Waals surface area contributed by atoms with Crippen LogP contribution >= 0.6 is 0 Å². The minimum Gasteiger partial charge on any atom is -0.493 e. The van der Waals surface area contributed by atoms with Gasteiger partial charge in [0.1, 0.15) is 5.75 Å². The Bertz CT molecular complexity index is 1480. The number of para-hydroxylation sites is 3. The molecule has 0 aliphatic carbocycles. The van der Waals surface area contributed by atoms with Crippen molar-refractivity contribution in [2.24, 2.45) is 4.99 Å². The molecule has 4 nitrogen and oxygen atoms in total. The molecule has 5 aromatic carbocycles. The van der Waals surface area contributed by atoms with Gasteiger partial charge in [-0.15, -0.1) is 0 Å². The molecule has 0 spiro atoms. The maximum absolute atomic E-state index is 6.12. The van der Waals surface area contributed by atoms with Gasteiger partial charge in [-0.05, 0) is 60.7 Å². The second-order valence-electron chi connectivity index (χ2n) is 10.2. The van der Waals surface area contributed by atoms with Gasteiger partial charge in [0.25, 0.3) is 0 Å². The molecule has 0 aliphatic heterocycles. The number of anilines is 2. The Balaban J connectivity index is 1.13. The third kappa shape index (κ3) is 8.46. The van der Waals surface area contributed by atoms with Crippen molar-refractivity contribution in [1.82, 2.24) is 0 Å². The molecule has 1 N–H and O–H groups in total. The molecule has 0 heterocycles. The van der Waals surface area contributed by atoms with Crippen LogP contribution in [0.5, 0.6) is 5.75 Å². The number of hydrogen-bond acceptors (Lipinski definition) is 2. The Kier molecular flexibility index (Phi) is 10.4. The summed E-state index contributed by atoms with van der Waals surface area (Å²) in [6, 6.07) is 45.7. The summed E-state index contributed by atoms with van der Waals surface area (Å²) in [6.45, 7) is 1.65. The van der Waals surface area contributed by atoms with Gasteiger partial charge in [-0.3, -0.25) is 0 Å². The number of unbranched alkanes of at least 4 members (excludes halogenated alkanes) is 5. The summed E-state index contributed by atoms with van der Waals surface area (Å²) in [5, 5.41) is 6.00. The highest BCUT2D eigenvalue weighted by Gasteiger charge is 2.14. The van der Waals surface area contributed by atoms with E-state index < -0.39 is 0 Å². The van der Waals surface area contributed by atoms with Crippen LogP contribution in [0.1, 0.15) is 38.5 Å². The number of nitrogens with one attached hydrogen (secondary N) is 1. The first-order chi connectivity index (χ1) is 20.4. The summed E-state index contributed by atoms with van der Waals surface area (Å²) in [5.74, 6) is 1.82. The molecule has 0 aromatic heterocycles. The Morgan fingerprint density at radius 3 is 1.98 bits per heavy atom. The summed E-state index contributed by atoms with van der Waals surface area (Å²) in [4.78, 5) is 7.34. The van der Waals surface area contributed by atoms with E-state index in [1.165, 1.54) is 36.5 Å². The highest BCUT2D eigenvalue weighted by Crippen LogP contribution is 2.25. The Labute approximate surface area is 244 Å². The molecule has 0 amide bonds. The summed E-state index contributed by atoms with van der Waals surface area (Å²) in [7, 11) is 0. The number of fused-ring (bicyclic) bond motifs is 1. The molecule has 41 heavy (non-hydrogen) atoms. The zero-order valence-corrected chi connectivity index (χ0v) is 23.7. The molecule has 0 fully saturated rings. The minimum absolute atomic E-state index is 0.764. The number of rotatable bonds is 13. The Hall–Kier alpha value is -4.57. The van der Waals surface area contributed by atoms with Crippen LogP contribution in [0, 0.1) is 0 Å². The summed E-state index contributed by atoms with van der Waals surface area (Å²) >= 11 is 0. The van der Waals surface area contributed by atoms with Crippen molar-refractivity contribution in [1.29, 1.82) is 0 Å². The smallest absolute Gasteiger partial charge is 0.208 e. The molecule has 0 radical (unpaired) electrons. The van der Waals surface area contributed by atoms with Crippen LogP contribution in [0.2, 0.25) is 0 Å². The topological polar surface area (TPSA) is 36.9 Å². The Morgan fingerprint density at radius 1 is 0.585 bits per heavy atom. The van der Waals surface area contributed by atoms with Crippen LogP contribution in [0.25, 0.3) is 10.8 Å². The first kappa shape index (κ1) is 28.0. The molecule has 4 heteroatoms. The van der Waals surface area contributed by atoms with Gasteiger partial charge in [0.15, 0.2) is 0 Å². The van der Waals surface area contributed by atoms with Crippen LogP contribution in [-0.2, 0) is 0 Å². The molecule has 0 saturated heterocycles. The van der Waals surface area contributed by atoms with Gasteiger partial charge in [-0.2, -0.15) is 0 Å². The lowest BCUT2D eigenvalue weighted by molar-refractivity contribution is 0.308. The van der Waals surface area contributed by atoms with Gasteiger partial charge in [-0.1, -0.05) is 117 Å². The SMILES string of the molecule is c1ccc(N=C(Nc2ccccc2)N(CCCCCCCCOc2cccc3ccccc23)c2ccccc2)cc1. The van der Waals surface area contributed by atoms with Gasteiger partial charge in [-0.25, -0.2) is 4.99 Å². The molecule has 208 valence electrons. The van der Waals surface area contributed by atoms with E-state index in [4.69, 9.17) is 9.73 Å². The first-order valence-electron chi connectivity index (χ1n) is 14.8. The molecule has 0 saturated carbocycles. The van der Waals surface area contributed by atoms with E-state index in [1.807, 2.05) is 48.5 Å². The monoisotopic (exact) mass is 541 g/mol. The third-order valence-electron chi connectivity index (χ3n) is 7.13. The van der Waals surface area contributed by atoms with Gasteiger partial charge in [0.2, 0.25) is 5.96 Å². The highest BCUT2D eigenvalue weighted by molar-refractivity contribution is 6.06. The molecule has 0 atom stereocenters. The van der Waals surface area contributed by atoms with E-state index in [9.17, 15) is 0 Å². The van der Waals surface area contributed by atoms with Crippen molar-refractivity contribution in [3.63, 3.8) is 0 Å². The number of aliphatic imine (C=N–C) groups is 1. The standard InChI is InChI=1S/C37H39N3O/c1(2-4-17-30-41-36-28-18-20-31-19-14-15-27-35(31)36)3-16-29-40(34-25-12-7-13-26-34)37(38-32-21-8-5-9-22-32)39-33-23-10-6-11-24-33/h5-15,18-28H,1-4,16-17,29-30H2,(H,38,39). The lowest BCUT2D eigenvalue weighted by Crippen LogP contribution is -2.37. The normalized spacial score (nSPS) is 11.4. The van der Waals surface area contributed by atoms with Crippen molar-refractivity contribution in [3.8, 4) is 5.75 Å². The van der Waals surface area contributed by atoms with E-state index in [1.54, 1.807) is 0 Å². The van der Waals surface area contributed by atoms with Crippen molar-refractivity contribution in [2.75, 3.05) is 23.4 Å². The average molecular weight is 542 g/mol. The van der Waals surface area contributed by atoms with Crippen LogP contribution in [0.3, 0.4) is 0 Å². The van der Waals surface area contributed by atoms with Crippen LogP contribution in [-0.4, -0.2) is 19.1 Å². The quantitative estimate of drug-likeness (QED) is 0.0915. The largest absolute Gasteiger partial charge is 0.493 e. The number of benzene rings is 5. The molecular formula is C37H39N3O. The molecule has 5 rings (SSSR count). The fourth-order valence-electron chi connectivity index (χ4n) is 4.98. The van der Waals surface area contributed by atoms with Crippen molar-refractivity contribution >= 4 is 33.8 Å². The van der Waals surface area contributed by atoms with E-state index in [-0.39, 0.29) is 0 Å². The van der Waals surface area contributed by atoms with Crippen LogP contribution in [0.15, 0.2) is 138 Å². The van der Waals surface area contributed by atoms with Crippen molar-refractivity contribution < 1.29 is 4.74 Å². The summed E-state index contributed by atoms with van der Waals surface area (Å²) in [6.07, 6.45) is 6.96. The fourth-order valence-corrected chi connectivity index (χ4v) is 4.98. The van der Waals surface area contributed by atoms with Crippen molar-refractivity contribution in [3.05, 3.63) is 133 Å². The van der Waals surface area contributed by atoms with E-state index in [0.717, 1.165) is 54.8 Å². The first-order valence-corrected chi connectivity index (χ1v) is 14.8. The van der Waals surface area contributed by atoms with Gasteiger partial charge >= 0.3 is 0 Å². The number of hydrogen-bond donors (Lipinski definition) is 1. The summed E-state index contributed by atoms with van der Waals surface area (Å²) < 4.78 is 6.12. The van der Waals surface area contributed by atoms with E-state index >= 15 is 0 Å². The van der Waals surface area contributed by atoms with Crippen LogP contribution < -0.4 is 15.0 Å². The second kappa shape index (κ2) is 15.3. The van der Waals surface area contributed by atoms with Gasteiger partial charge < -0.3 is 15.0 Å². The van der Waals surface area contributed by atoms with Crippen LogP contribution in [0.4, 0.5) is 17.1 Å². The fraction of sp³-hybridized carbons (Fsp3) is 0.216. The number of nitrogens with zero attached hydrogens (tertiary/aromatic N) is 2. The lowest BCUT2D eigenvalue weighted by Gasteiger charge is -2.27. The Morgan fingerprint density at radius 2 is 1.20 bits per heavy atom. The van der Waals surface area contributed by atoms with E-state index in [2.05, 4.69) is 95.1 Å². The van der Waals surface area contributed by atoms with E-state index in [0.29, 0.717) is 0 Å². The number of guanidine groups is 1. The molecular weight excluding hydrogens is 502 g/mol. The second-order valence-corrected chi connectivity index (χ2v) is 10.2. The minimum atomic E-state index is 0.764. The molecule has 0 bridgehead atoms. The molecule has 5 aromatic rings. The van der Waals surface area contributed by atoms with Gasteiger partial charge in [0.05, 0.1) is 12.3 Å². The van der Waals surface area contributed by atoms with Crippen molar-refractivity contribution in [2.45, 2.75) is 38.5 Å². The third-order valence-corrected chi connectivity index (χ3v) is 7.13. The lowest BCUT2D eigenvalue weighted by atomic mass is 10.1. The highest BCUT2D eigenvalue weighted by atomic mass is 16.5. The predicted molar refractivity (Wildman–Crippen MR) is 175 cm³/mol.